The molecule has 0 N–H and O–H groups in total. The van der Waals surface area contributed by atoms with Crippen molar-refractivity contribution in [2.24, 2.45) is 5.92 Å². The molecule has 1 aliphatic rings. The number of Topliss-reactive ketones (excluding diaryl/α,β-unsaturated/α-hetero) is 1. The van der Waals surface area contributed by atoms with Gasteiger partial charge in [0, 0.05) is 25.0 Å². The smallest absolute Gasteiger partial charge is 0.244 e. The van der Waals surface area contributed by atoms with Gasteiger partial charge >= 0.3 is 0 Å². The second-order valence-corrected chi connectivity index (χ2v) is 9.64. The van der Waals surface area contributed by atoms with Crippen molar-refractivity contribution in [1.29, 1.82) is 0 Å². The van der Waals surface area contributed by atoms with Crippen LogP contribution in [0.3, 0.4) is 0 Å². The number of hydrogen-bond acceptors (Lipinski definition) is 6. The molecule has 2 unspecified atom stereocenters. The Kier molecular flexibility index (Phi) is 4.43. The van der Waals surface area contributed by atoms with Crippen LogP contribution >= 0.6 is 0 Å². The predicted molar refractivity (Wildman–Crippen MR) is 112 cm³/mol. The molecule has 1 aliphatic carbocycles. The van der Waals surface area contributed by atoms with Crippen LogP contribution in [0.25, 0.3) is 16.8 Å². The summed E-state index contributed by atoms with van der Waals surface area (Å²) < 4.78 is 29.2. The first-order valence-corrected chi connectivity index (χ1v) is 11.6. The van der Waals surface area contributed by atoms with E-state index < -0.39 is 10.0 Å². The third kappa shape index (κ3) is 3.00. The molecule has 5 rings (SSSR count). The van der Waals surface area contributed by atoms with Gasteiger partial charge in [0.2, 0.25) is 10.0 Å². The van der Waals surface area contributed by atoms with Crippen molar-refractivity contribution in [3.05, 3.63) is 60.2 Å². The Morgan fingerprint density at radius 2 is 1.90 bits per heavy atom. The van der Waals surface area contributed by atoms with E-state index in [0.29, 0.717) is 41.0 Å². The summed E-state index contributed by atoms with van der Waals surface area (Å²) in [4.78, 5) is 16.4. The lowest BCUT2D eigenvalue weighted by Crippen LogP contribution is -2.15. The monoisotopic (exact) mass is 423 g/mol. The van der Waals surface area contributed by atoms with Crippen molar-refractivity contribution >= 4 is 32.6 Å². The third-order valence-corrected chi connectivity index (χ3v) is 7.51. The van der Waals surface area contributed by atoms with Crippen LogP contribution in [-0.4, -0.2) is 37.8 Å². The molecular formula is C21H21N5O3S. The highest BCUT2D eigenvalue weighted by molar-refractivity contribution is 7.89. The molecule has 0 aliphatic heterocycles. The average molecular weight is 423 g/mol. The number of nitrogens with zero attached hydrogens (tertiary/aromatic N) is 5. The molecule has 0 bridgehead atoms. The Morgan fingerprint density at radius 1 is 1.10 bits per heavy atom. The molecule has 0 saturated heterocycles. The topological polar surface area (TPSA) is 99.2 Å². The van der Waals surface area contributed by atoms with Crippen LogP contribution in [0, 0.1) is 5.92 Å². The van der Waals surface area contributed by atoms with Crippen LogP contribution in [-0.2, 0) is 20.6 Å². The van der Waals surface area contributed by atoms with Crippen molar-refractivity contribution in [3.8, 4) is 0 Å². The summed E-state index contributed by atoms with van der Waals surface area (Å²) in [5, 5.41) is 8.59. The van der Waals surface area contributed by atoms with Gasteiger partial charge in [0.15, 0.2) is 11.3 Å². The molecule has 3 heterocycles. The minimum atomic E-state index is -3.66. The normalized spacial score (nSPS) is 19.8. The average Bonchev–Trinajstić information content (AvgIpc) is 3.43. The lowest BCUT2D eigenvalue weighted by Gasteiger charge is -2.15. The first kappa shape index (κ1) is 18.9. The van der Waals surface area contributed by atoms with Crippen LogP contribution in [0.4, 0.5) is 0 Å². The zero-order valence-electron chi connectivity index (χ0n) is 16.5. The number of carbonyl (C=O) groups is 1. The highest BCUT2D eigenvalue weighted by Crippen LogP contribution is 2.39. The number of carbonyl (C=O) groups excluding carboxylic acids is 1. The summed E-state index contributed by atoms with van der Waals surface area (Å²) in [5.74, 6) is 1.01. The predicted octanol–water partition coefficient (Wildman–Crippen LogP) is 2.93. The van der Waals surface area contributed by atoms with Crippen LogP contribution in [0.15, 0.2) is 48.8 Å². The van der Waals surface area contributed by atoms with Crippen LogP contribution < -0.4 is 0 Å². The van der Waals surface area contributed by atoms with E-state index >= 15 is 0 Å². The van der Waals surface area contributed by atoms with Crippen molar-refractivity contribution in [2.45, 2.75) is 37.9 Å². The quantitative estimate of drug-likeness (QED) is 0.489. The minimum absolute atomic E-state index is 0.0209. The Hall–Kier alpha value is -3.07. The fourth-order valence-electron chi connectivity index (χ4n) is 4.43. The summed E-state index contributed by atoms with van der Waals surface area (Å²) in [6.07, 6.45) is 4.93. The van der Waals surface area contributed by atoms with Gasteiger partial charge in [-0.15, -0.1) is 10.2 Å². The first-order valence-electron chi connectivity index (χ1n) is 9.98. The number of rotatable bonds is 5. The maximum absolute atomic E-state index is 13.1. The molecule has 2 atom stereocenters. The lowest BCUT2D eigenvalue weighted by atomic mass is 9.93. The van der Waals surface area contributed by atoms with Crippen molar-refractivity contribution in [2.75, 3.05) is 0 Å². The van der Waals surface area contributed by atoms with Gasteiger partial charge in [-0.05, 0) is 17.5 Å². The minimum Gasteiger partial charge on any atom is -0.300 e. The van der Waals surface area contributed by atoms with E-state index in [0.717, 1.165) is 6.42 Å². The molecular weight excluding hydrogens is 402 g/mol. The largest absolute Gasteiger partial charge is 0.300 e. The van der Waals surface area contributed by atoms with Crippen molar-refractivity contribution in [1.82, 2.24) is 23.6 Å². The maximum atomic E-state index is 13.1. The molecule has 1 saturated carbocycles. The van der Waals surface area contributed by atoms with E-state index in [1.165, 1.54) is 16.4 Å². The van der Waals surface area contributed by atoms with Gasteiger partial charge in [-0.3, -0.25) is 9.20 Å². The maximum Gasteiger partial charge on any atom is 0.244 e. The van der Waals surface area contributed by atoms with Gasteiger partial charge in [0.25, 0.3) is 0 Å². The van der Waals surface area contributed by atoms with E-state index in [-0.39, 0.29) is 23.4 Å². The van der Waals surface area contributed by atoms with Gasteiger partial charge in [0.1, 0.15) is 11.6 Å². The number of aromatic nitrogens is 5. The summed E-state index contributed by atoms with van der Waals surface area (Å²) in [5.41, 5.74) is 2.21. The Balaban J connectivity index is 1.63. The fourth-order valence-corrected chi connectivity index (χ4v) is 5.84. The molecule has 3 aromatic heterocycles. The summed E-state index contributed by atoms with van der Waals surface area (Å²) in [7, 11) is -3.66. The van der Waals surface area contributed by atoms with Gasteiger partial charge in [-0.25, -0.2) is 17.4 Å². The summed E-state index contributed by atoms with van der Waals surface area (Å²) in [6.45, 7) is 2.07. The van der Waals surface area contributed by atoms with E-state index in [1.54, 1.807) is 18.2 Å². The molecule has 154 valence electrons. The zero-order chi connectivity index (χ0) is 20.9. The van der Waals surface area contributed by atoms with Crippen LogP contribution in [0.1, 0.15) is 43.5 Å². The third-order valence-electron chi connectivity index (χ3n) is 5.92. The van der Waals surface area contributed by atoms with Crippen LogP contribution in [0.5, 0.6) is 0 Å². The molecule has 9 heteroatoms. The molecule has 0 radical (unpaired) electrons. The molecule has 30 heavy (non-hydrogen) atoms. The number of benzene rings is 1. The van der Waals surface area contributed by atoms with Crippen molar-refractivity contribution in [3.63, 3.8) is 0 Å². The Labute approximate surface area is 173 Å². The van der Waals surface area contributed by atoms with Crippen LogP contribution in [0.2, 0.25) is 0 Å². The van der Waals surface area contributed by atoms with E-state index in [4.69, 9.17) is 0 Å². The Morgan fingerprint density at radius 3 is 2.67 bits per heavy atom. The highest BCUT2D eigenvalue weighted by atomic mass is 32.2. The standard InChI is InChI=1S/C21H21N5O3S/c1-2-15-10-16(27)11-17(15)20-24-23-19-12-22-21-18(26(19)20)8-9-25(21)30(28,29)13-14-6-4-3-5-7-14/h3-9,12,15,17H,2,10-11,13H2,1H3. The summed E-state index contributed by atoms with van der Waals surface area (Å²) in [6, 6.07) is 10.8. The van der Waals surface area contributed by atoms with Gasteiger partial charge in [-0.1, -0.05) is 43.7 Å². The van der Waals surface area contributed by atoms with E-state index in [1.807, 2.05) is 22.6 Å². The number of hydrogen-bond donors (Lipinski definition) is 0. The van der Waals surface area contributed by atoms with Gasteiger partial charge in [-0.2, -0.15) is 0 Å². The highest BCUT2D eigenvalue weighted by Gasteiger charge is 2.36. The Bertz CT molecular complexity index is 1360. The van der Waals surface area contributed by atoms with E-state index in [2.05, 4.69) is 22.1 Å². The molecule has 1 fully saturated rings. The zero-order valence-corrected chi connectivity index (χ0v) is 17.3. The molecule has 8 nitrogen and oxygen atoms in total. The van der Waals surface area contributed by atoms with Gasteiger partial charge < -0.3 is 0 Å². The van der Waals surface area contributed by atoms with Gasteiger partial charge in [0.05, 0.1) is 17.5 Å². The number of fused-ring (bicyclic) bond motifs is 3. The fraction of sp³-hybridized carbons (Fsp3) is 0.333. The molecule has 1 aromatic carbocycles. The molecule has 0 spiro atoms. The molecule has 4 aromatic rings. The number of ketones is 1. The second-order valence-electron chi connectivity index (χ2n) is 7.79. The second kappa shape index (κ2) is 7.02. The lowest BCUT2D eigenvalue weighted by molar-refractivity contribution is -0.117. The summed E-state index contributed by atoms with van der Waals surface area (Å²) >= 11 is 0. The van der Waals surface area contributed by atoms with E-state index in [9.17, 15) is 13.2 Å². The van der Waals surface area contributed by atoms with Crippen molar-refractivity contribution < 1.29 is 13.2 Å². The molecule has 0 amide bonds. The first-order chi connectivity index (χ1) is 14.5. The SMILES string of the molecule is CCC1CC(=O)CC1c1nnc2cnc3c(ccn3S(=O)(=O)Cc3ccccc3)n12.